The molecule has 1 atom stereocenters. The lowest BCUT2D eigenvalue weighted by molar-refractivity contribution is -0.130. The van der Waals surface area contributed by atoms with Crippen LogP contribution in [0.2, 0.25) is 0 Å². The van der Waals surface area contributed by atoms with Crippen molar-refractivity contribution in [1.82, 2.24) is 5.32 Å². The molecular weight excluding hydrogens is 299 g/mol. The summed E-state index contributed by atoms with van der Waals surface area (Å²) in [5.41, 5.74) is 0.645. The Hall–Kier alpha value is -1.95. The van der Waals surface area contributed by atoms with E-state index in [9.17, 15) is 14.0 Å². The molecule has 1 aromatic carbocycles. The van der Waals surface area contributed by atoms with Crippen LogP contribution in [-0.4, -0.2) is 37.6 Å². The van der Waals surface area contributed by atoms with E-state index in [1.807, 2.05) is 0 Å². The molecular formula is C17H21FN2O3. The number of halogens is 1. The Morgan fingerprint density at radius 2 is 1.96 bits per heavy atom. The average Bonchev–Trinajstić information content (AvgIpc) is 3.09. The van der Waals surface area contributed by atoms with Gasteiger partial charge in [-0.3, -0.25) is 9.59 Å². The van der Waals surface area contributed by atoms with Crippen LogP contribution >= 0.6 is 0 Å². The number of amides is 2. The Morgan fingerprint density at radius 3 is 2.65 bits per heavy atom. The predicted octanol–water partition coefficient (Wildman–Crippen LogP) is 1.86. The van der Waals surface area contributed by atoms with Gasteiger partial charge in [-0.2, -0.15) is 0 Å². The van der Waals surface area contributed by atoms with Crippen molar-refractivity contribution in [2.45, 2.75) is 31.8 Å². The van der Waals surface area contributed by atoms with Gasteiger partial charge >= 0.3 is 0 Å². The molecule has 2 aliphatic rings. The Morgan fingerprint density at radius 1 is 1.26 bits per heavy atom. The molecule has 0 aromatic heterocycles. The van der Waals surface area contributed by atoms with E-state index in [0.29, 0.717) is 18.8 Å². The number of hydrogen-bond acceptors (Lipinski definition) is 3. The largest absolute Gasteiger partial charge is 0.365 e. The minimum atomic E-state index is -0.338. The van der Waals surface area contributed by atoms with Crippen LogP contribution in [0.3, 0.4) is 0 Å². The lowest BCUT2D eigenvalue weighted by Crippen LogP contribution is -2.51. The van der Waals surface area contributed by atoms with Gasteiger partial charge in [0.2, 0.25) is 5.91 Å². The third-order valence-electron chi connectivity index (χ3n) is 4.50. The van der Waals surface area contributed by atoms with E-state index in [2.05, 4.69) is 5.32 Å². The predicted molar refractivity (Wildman–Crippen MR) is 83.5 cm³/mol. The van der Waals surface area contributed by atoms with Crippen LogP contribution < -0.4 is 10.2 Å². The fourth-order valence-corrected chi connectivity index (χ4v) is 3.17. The minimum absolute atomic E-state index is 0.0264. The van der Waals surface area contributed by atoms with Crippen molar-refractivity contribution < 1.29 is 18.7 Å². The van der Waals surface area contributed by atoms with Crippen molar-refractivity contribution in [2.24, 2.45) is 5.92 Å². The maximum atomic E-state index is 13.0. The summed E-state index contributed by atoms with van der Waals surface area (Å²) in [6.07, 6.45) is 3.90. The highest BCUT2D eigenvalue weighted by Crippen LogP contribution is 2.24. The Bertz CT molecular complexity index is 570. The summed E-state index contributed by atoms with van der Waals surface area (Å²) < 4.78 is 18.5. The van der Waals surface area contributed by atoms with Crippen LogP contribution in [-0.2, 0) is 14.3 Å². The Balaban J connectivity index is 1.56. The smallest absolute Gasteiger partial charge is 0.253 e. The van der Waals surface area contributed by atoms with Gasteiger partial charge in [-0.1, -0.05) is 12.8 Å². The quantitative estimate of drug-likeness (QED) is 0.921. The summed E-state index contributed by atoms with van der Waals surface area (Å²) in [7, 11) is 0. The molecule has 1 saturated carbocycles. The van der Waals surface area contributed by atoms with Gasteiger partial charge in [0.25, 0.3) is 5.91 Å². The molecule has 1 N–H and O–H groups in total. The van der Waals surface area contributed by atoms with Gasteiger partial charge in [0.05, 0.1) is 12.6 Å². The molecule has 0 radical (unpaired) electrons. The number of hydrogen-bond donors (Lipinski definition) is 1. The van der Waals surface area contributed by atoms with Crippen molar-refractivity contribution in [3.63, 3.8) is 0 Å². The second kappa shape index (κ2) is 7.08. The summed E-state index contributed by atoms with van der Waals surface area (Å²) in [4.78, 5) is 25.6. The van der Waals surface area contributed by atoms with Crippen LogP contribution in [0.4, 0.5) is 10.1 Å². The van der Waals surface area contributed by atoms with Gasteiger partial charge < -0.3 is 15.0 Å². The molecule has 0 spiro atoms. The maximum Gasteiger partial charge on any atom is 0.253 e. The summed E-state index contributed by atoms with van der Waals surface area (Å²) in [5, 5.41) is 2.93. The lowest BCUT2D eigenvalue weighted by Gasteiger charge is -2.33. The highest BCUT2D eigenvalue weighted by atomic mass is 19.1. The van der Waals surface area contributed by atoms with Gasteiger partial charge in [-0.05, 0) is 37.1 Å². The number of rotatable bonds is 4. The van der Waals surface area contributed by atoms with E-state index in [1.54, 1.807) is 17.0 Å². The SMILES string of the molecule is O=C(NCC1CN(c2ccc(F)cc2)C(=O)CO1)C1CCCC1. The van der Waals surface area contributed by atoms with Crippen molar-refractivity contribution in [2.75, 3.05) is 24.6 Å². The number of ether oxygens (including phenoxy) is 1. The molecule has 1 aliphatic carbocycles. The van der Waals surface area contributed by atoms with Crippen molar-refractivity contribution in [1.29, 1.82) is 0 Å². The molecule has 5 nitrogen and oxygen atoms in total. The number of carbonyl (C=O) groups excluding carboxylic acids is 2. The molecule has 3 rings (SSSR count). The fourth-order valence-electron chi connectivity index (χ4n) is 3.17. The number of anilines is 1. The second-order valence-electron chi connectivity index (χ2n) is 6.14. The zero-order valence-corrected chi connectivity index (χ0v) is 13.0. The average molecular weight is 320 g/mol. The first-order chi connectivity index (χ1) is 11.1. The zero-order valence-electron chi connectivity index (χ0n) is 13.0. The van der Waals surface area contributed by atoms with Gasteiger partial charge in [-0.15, -0.1) is 0 Å². The first-order valence-electron chi connectivity index (χ1n) is 8.09. The number of carbonyl (C=O) groups is 2. The monoisotopic (exact) mass is 320 g/mol. The molecule has 1 unspecified atom stereocenters. The standard InChI is InChI=1S/C17H21FN2O3/c18-13-5-7-14(8-6-13)20-10-15(23-11-16(20)21)9-19-17(22)12-3-1-2-4-12/h5-8,12,15H,1-4,9-11H2,(H,19,22). The highest BCUT2D eigenvalue weighted by molar-refractivity contribution is 5.95. The Labute approximate surface area is 134 Å². The minimum Gasteiger partial charge on any atom is -0.365 e. The summed E-state index contributed by atoms with van der Waals surface area (Å²) in [6.45, 7) is 0.719. The van der Waals surface area contributed by atoms with Crippen molar-refractivity contribution >= 4 is 17.5 Å². The lowest BCUT2D eigenvalue weighted by atomic mass is 10.1. The molecule has 6 heteroatoms. The molecule has 0 bridgehead atoms. The van der Waals surface area contributed by atoms with E-state index in [4.69, 9.17) is 4.74 Å². The zero-order chi connectivity index (χ0) is 16.2. The van der Waals surface area contributed by atoms with E-state index < -0.39 is 0 Å². The van der Waals surface area contributed by atoms with E-state index >= 15 is 0 Å². The second-order valence-corrected chi connectivity index (χ2v) is 6.14. The number of benzene rings is 1. The molecule has 1 aromatic rings. The molecule has 2 fully saturated rings. The maximum absolute atomic E-state index is 13.0. The van der Waals surface area contributed by atoms with Gasteiger partial charge in [0.1, 0.15) is 12.4 Å². The summed E-state index contributed by atoms with van der Waals surface area (Å²) in [6, 6.07) is 5.81. The summed E-state index contributed by atoms with van der Waals surface area (Å²) >= 11 is 0. The third kappa shape index (κ3) is 3.88. The van der Waals surface area contributed by atoms with Crippen LogP contribution in [0.5, 0.6) is 0 Å². The van der Waals surface area contributed by atoms with Crippen LogP contribution in [0.1, 0.15) is 25.7 Å². The van der Waals surface area contributed by atoms with Crippen molar-refractivity contribution in [3.8, 4) is 0 Å². The van der Waals surface area contributed by atoms with Crippen LogP contribution in [0, 0.1) is 11.7 Å². The van der Waals surface area contributed by atoms with Gasteiger partial charge in [-0.25, -0.2) is 4.39 Å². The number of nitrogens with one attached hydrogen (secondary N) is 1. The molecule has 2 amide bonds. The molecule has 1 aliphatic heterocycles. The van der Waals surface area contributed by atoms with Gasteiger partial charge in [0.15, 0.2) is 0 Å². The fraction of sp³-hybridized carbons (Fsp3) is 0.529. The molecule has 1 saturated heterocycles. The first-order valence-corrected chi connectivity index (χ1v) is 8.09. The third-order valence-corrected chi connectivity index (χ3v) is 4.50. The highest BCUT2D eigenvalue weighted by Gasteiger charge is 2.29. The molecule has 1 heterocycles. The summed E-state index contributed by atoms with van der Waals surface area (Å²) in [5.74, 6) is -0.297. The van der Waals surface area contributed by atoms with Gasteiger partial charge in [0, 0.05) is 18.2 Å². The molecule has 124 valence electrons. The number of nitrogens with zero attached hydrogens (tertiary/aromatic N) is 1. The molecule has 23 heavy (non-hydrogen) atoms. The van der Waals surface area contributed by atoms with Crippen LogP contribution in [0.15, 0.2) is 24.3 Å². The van der Waals surface area contributed by atoms with Crippen LogP contribution in [0.25, 0.3) is 0 Å². The number of morpholine rings is 1. The van der Waals surface area contributed by atoms with E-state index in [0.717, 1.165) is 25.7 Å². The topological polar surface area (TPSA) is 58.6 Å². The van der Waals surface area contributed by atoms with E-state index in [1.165, 1.54) is 12.1 Å². The van der Waals surface area contributed by atoms with Crippen molar-refractivity contribution in [3.05, 3.63) is 30.1 Å². The normalized spacial score (nSPS) is 22.4. The van der Waals surface area contributed by atoms with E-state index in [-0.39, 0.29) is 36.3 Å². The Kier molecular flexibility index (Phi) is 4.91. The first kappa shape index (κ1) is 15.9.